The van der Waals surface area contributed by atoms with E-state index in [1.54, 1.807) is 36.4 Å². The number of halogens is 1. The predicted molar refractivity (Wildman–Crippen MR) is 119 cm³/mol. The summed E-state index contributed by atoms with van der Waals surface area (Å²) in [4.78, 5) is 28.7. The minimum absolute atomic E-state index is 0.0134. The van der Waals surface area contributed by atoms with Crippen molar-refractivity contribution in [2.45, 2.75) is 13.8 Å². The third-order valence-electron chi connectivity index (χ3n) is 4.63. The van der Waals surface area contributed by atoms with E-state index < -0.39 is 11.8 Å². The normalized spacial score (nSPS) is 15.6. The molecule has 1 fully saturated rings. The molecule has 0 saturated carbocycles. The number of thiocarbonyl (C=S) groups is 1. The van der Waals surface area contributed by atoms with Gasteiger partial charge in [-0.3, -0.25) is 19.8 Å². The van der Waals surface area contributed by atoms with E-state index in [1.165, 1.54) is 11.0 Å². The van der Waals surface area contributed by atoms with Crippen molar-refractivity contribution in [3.8, 4) is 5.75 Å². The first kappa shape index (κ1) is 20.8. The van der Waals surface area contributed by atoms with Crippen molar-refractivity contribution in [2.75, 3.05) is 22.9 Å². The van der Waals surface area contributed by atoms with Crippen LogP contribution in [0.4, 0.5) is 11.4 Å². The maximum Gasteiger partial charge on any atom is 0.270 e. The van der Waals surface area contributed by atoms with Crippen molar-refractivity contribution < 1.29 is 14.7 Å². The number of hydrogen-bond donors (Lipinski definition) is 2. The van der Waals surface area contributed by atoms with E-state index in [0.29, 0.717) is 16.3 Å². The first-order chi connectivity index (χ1) is 13.8. The number of hydrogen-bond acceptors (Lipinski definition) is 5. The van der Waals surface area contributed by atoms with Gasteiger partial charge in [-0.1, -0.05) is 11.6 Å². The molecule has 6 nitrogen and oxygen atoms in total. The Balaban J connectivity index is 1.97. The quantitative estimate of drug-likeness (QED) is 0.430. The van der Waals surface area contributed by atoms with Crippen LogP contribution in [0.3, 0.4) is 0 Å². The molecule has 2 aromatic rings. The van der Waals surface area contributed by atoms with Crippen LogP contribution in [0.5, 0.6) is 5.75 Å². The molecule has 2 aromatic carbocycles. The highest BCUT2D eigenvalue weighted by atomic mass is 35.5. The van der Waals surface area contributed by atoms with Gasteiger partial charge in [-0.2, -0.15) is 0 Å². The van der Waals surface area contributed by atoms with Gasteiger partial charge in [-0.05, 0) is 68.5 Å². The highest BCUT2D eigenvalue weighted by Crippen LogP contribution is 2.29. The van der Waals surface area contributed by atoms with Gasteiger partial charge in [-0.15, -0.1) is 0 Å². The molecule has 3 rings (SSSR count). The van der Waals surface area contributed by atoms with Crippen LogP contribution in [0.2, 0.25) is 5.02 Å². The highest BCUT2D eigenvalue weighted by Gasteiger charge is 2.34. The van der Waals surface area contributed by atoms with Crippen LogP contribution in [-0.2, 0) is 9.59 Å². The van der Waals surface area contributed by atoms with Crippen LogP contribution in [-0.4, -0.2) is 35.1 Å². The Morgan fingerprint density at radius 2 is 1.79 bits per heavy atom. The van der Waals surface area contributed by atoms with Crippen molar-refractivity contribution in [2.24, 2.45) is 0 Å². The van der Waals surface area contributed by atoms with Crippen LogP contribution in [0.1, 0.15) is 19.4 Å². The molecule has 0 aromatic heterocycles. The summed E-state index contributed by atoms with van der Waals surface area (Å²) < 4.78 is 0. The topological polar surface area (TPSA) is 72.9 Å². The Bertz CT molecular complexity index is 1000. The Hall–Kier alpha value is -2.90. The molecule has 0 radical (unpaired) electrons. The zero-order valence-electron chi connectivity index (χ0n) is 16.0. The summed E-state index contributed by atoms with van der Waals surface area (Å²) in [5.74, 6) is -1.21. The van der Waals surface area contributed by atoms with Crippen LogP contribution < -0.4 is 15.1 Å². The SMILES string of the molecule is CCN(CC)c1ccc(/C=C2\C(=O)NC(=S)N(c3ccc(Cl)cc3)C2=O)c(O)c1. The highest BCUT2D eigenvalue weighted by molar-refractivity contribution is 7.80. The first-order valence-corrected chi connectivity index (χ1v) is 9.89. The van der Waals surface area contributed by atoms with Crippen LogP contribution in [0.15, 0.2) is 48.0 Å². The zero-order chi connectivity index (χ0) is 21.1. The second-order valence-electron chi connectivity index (χ2n) is 6.35. The summed E-state index contributed by atoms with van der Waals surface area (Å²) in [7, 11) is 0. The van der Waals surface area contributed by atoms with Crippen LogP contribution >= 0.6 is 23.8 Å². The third kappa shape index (κ3) is 4.26. The van der Waals surface area contributed by atoms with Crippen molar-refractivity contribution in [1.29, 1.82) is 0 Å². The fourth-order valence-electron chi connectivity index (χ4n) is 3.08. The van der Waals surface area contributed by atoms with Gasteiger partial charge in [0.1, 0.15) is 11.3 Å². The number of carbonyl (C=O) groups excluding carboxylic acids is 2. The van der Waals surface area contributed by atoms with E-state index in [2.05, 4.69) is 10.2 Å². The number of aromatic hydroxyl groups is 1. The van der Waals surface area contributed by atoms with Gasteiger partial charge in [-0.25, -0.2) is 0 Å². The molecule has 29 heavy (non-hydrogen) atoms. The molecule has 8 heteroatoms. The lowest BCUT2D eigenvalue weighted by molar-refractivity contribution is -0.122. The molecular weight excluding hydrogens is 410 g/mol. The zero-order valence-corrected chi connectivity index (χ0v) is 17.5. The number of anilines is 2. The fourth-order valence-corrected chi connectivity index (χ4v) is 3.48. The van der Waals surface area contributed by atoms with E-state index in [-0.39, 0.29) is 16.4 Å². The predicted octanol–water partition coefficient (Wildman–Crippen LogP) is 3.72. The van der Waals surface area contributed by atoms with Gasteiger partial charge < -0.3 is 10.0 Å². The summed E-state index contributed by atoms with van der Waals surface area (Å²) >= 11 is 11.1. The lowest BCUT2D eigenvalue weighted by atomic mass is 10.1. The van der Waals surface area contributed by atoms with Gasteiger partial charge >= 0.3 is 0 Å². The molecule has 0 unspecified atom stereocenters. The van der Waals surface area contributed by atoms with Crippen LogP contribution in [0.25, 0.3) is 6.08 Å². The Morgan fingerprint density at radius 3 is 2.38 bits per heavy atom. The van der Waals surface area contributed by atoms with E-state index in [4.69, 9.17) is 23.8 Å². The summed E-state index contributed by atoms with van der Waals surface area (Å²) in [5, 5.41) is 13.5. The largest absolute Gasteiger partial charge is 0.507 e. The van der Waals surface area contributed by atoms with Gasteiger partial charge in [0.25, 0.3) is 11.8 Å². The number of amides is 2. The molecule has 2 amide bonds. The molecule has 1 aliphatic rings. The van der Waals surface area contributed by atoms with Crippen molar-refractivity contribution >= 4 is 58.2 Å². The minimum Gasteiger partial charge on any atom is -0.507 e. The smallest absolute Gasteiger partial charge is 0.270 e. The van der Waals surface area contributed by atoms with E-state index in [0.717, 1.165) is 18.8 Å². The Labute approximate surface area is 179 Å². The van der Waals surface area contributed by atoms with E-state index in [1.807, 2.05) is 19.9 Å². The Morgan fingerprint density at radius 1 is 1.14 bits per heavy atom. The van der Waals surface area contributed by atoms with Crippen LogP contribution in [0, 0.1) is 0 Å². The second-order valence-corrected chi connectivity index (χ2v) is 7.17. The molecular formula is C21H20ClN3O3S. The van der Waals surface area contributed by atoms with E-state index >= 15 is 0 Å². The van der Waals surface area contributed by atoms with Gasteiger partial charge in [0, 0.05) is 35.4 Å². The second kappa shape index (κ2) is 8.63. The molecule has 0 spiro atoms. The maximum absolute atomic E-state index is 13.0. The van der Waals surface area contributed by atoms with Gasteiger partial charge in [0.15, 0.2) is 5.11 Å². The van der Waals surface area contributed by atoms with Gasteiger partial charge in [0.2, 0.25) is 0 Å². The van der Waals surface area contributed by atoms with Crippen molar-refractivity contribution in [3.05, 3.63) is 58.6 Å². The molecule has 0 bridgehead atoms. The first-order valence-electron chi connectivity index (χ1n) is 9.10. The summed E-state index contributed by atoms with van der Waals surface area (Å²) in [6.45, 7) is 5.64. The summed E-state index contributed by atoms with van der Waals surface area (Å²) in [6.07, 6.45) is 1.36. The monoisotopic (exact) mass is 429 g/mol. The number of phenols is 1. The average Bonchev–Trinajstić information content (AvgIpc) is 2.69. The number of carbonyl (C=O) groups is 2. The van der Waals surface area contributed by atoms with Crippen molar-refractivity contribution in [1.82, 2.24) is 5.32 Å². The third-order valence-corrected chi connectivity index (χ3v) is 5.17. The lowest BCUT2D eigenvalue weighted by Gasteiger charge is -2.29. The molecule has 0 aliphatic carbocycles. The number of nitrogens with zero attached hydrogens (tertiary/aromatic N) is 2. The van der Waals surface area contributed by atoms with Gasteiger partial charge in [0.05, 0.1) is 5.69 Å². The average molecular weight is 430 g/mol. The Kier molecular flexibility index (Phi) is 6.20. The lowest BCUT2D eigenvalue weighted by Crippen LogP contribution is -2.54. The minimum atomic E-state index is -0.613. The maximum atomic E-state index is 13.0. The number of rotatable bonds is 5. The van der Waals surface area contributed by atoms with E-state index in [9.17, 15) is 14.7 Å². The summed E-state index contributed by atoms with van der Waals surface area (Å²) in [6, 6.07) is 11.7. The molecule has 1 aliphatic heterocycles. The number of phenolic OH excluding ortho intramolecular Hbond substituents is 1. The fraction of sp³-hybridized carbons (Fsp3) is 0.190. The molecule has 2 N–H and O–H groups in total. The molecule has 0 atom stereocenters. The molecule has 1 heterocycles. The molecule has 1 saturated heterocycles. The van der Waals surface area contributed by atoms with Crippen molar-refractivity contribution in [3.63, 3.8) is 0 Å². The molecule has 150 valence electrons. The number of benzene rings is 2. The standard InChI is InChI=1S/C21H20ClN3O3S/c1-3-24(4-2)16-8-5-13(18(26)12-16)11-17-19(27)23-21(29)25(20(17)28)15-9-6-14(22)7-10-15/h5-12,26H,3-4H2,1-2H3,(H,23,27,29)/b17-11+. The summed E-state index contributed by atoms with van der Waals surface area (Å²) in [5.41, 5.74) is 1.58. The number of nitrogens with one attached hydrogen (secondary N) is 1.